The van der Waals surface area contributed by atoms with Crippen molar-refractivity contribution in [1.29, 1.82) is 0 Å². The molecule has 2 aromatic heterocycles. The number of fused-ring (bicyclic) bond motifs is 1. The second kappa shape index (κ2) is 6.62. The Morgan fingerprint density at radius 2 is 2.04 bits per heavy atom. The fourth-order valence-electron chi connectivity index (χ4n) is 2.66. The Balaban J connectivity index is 1.99. The van der Waals surface area contributed by atoms with Crippen molar-refractivity contribution in [3.05, 3.63) is 48.3 Å². The quantitative estimate of drug-likeness (QED) is 0.718. The molecule has 24 heavy (non-hydrogen) atoms. The van der Waals surface area contributed by atoms with Crippen LogP contribution in [0.2, 0.25) is 0 Å². The number of carboxylic acids is 1. The minimum Gasteiger partial charge on any atom is -0.478 e. The second-order valence-electron chi connectivity index (χ2n) is 5.35. The molecule has 0 radical (unpaired) electrons. The van der Waals surface area contributed by atoms with Crippen LogP contribution in [-0.4, -0.2) is 34.1 Å². The van der Waals surface area contributed by atoms with E-state index in [-0.39, 0.29) is 5.56 Å². The van der Waals surface area contributed by atoms with Crippen LogP contribution < -0.4 is 9.64 Å². The van der Waals surface area contributed by atoms with Gasteiger partial charge >= 0.3 is 5.97 Å². The molecule has 0 bridgehead atoms. The number of carbonyl (C=O) groups is 1. The van der Waals surface area contributed by atoms with E-state index < -0.39 is 5.97 Å². The van der Waals surface area contributed by atoms with Crippen molar-refractivity contribution in [2.24, 2.45) is 0 Å². The molecule has 0 atom stereocenters. The van der Waals surface area contributed by atoms with E-state index >= 15 is 0 Å². The van der Waals surface area contributed by atoms with Crippen LogP contribution in [0.25, 0.3) is 11.0 Å². The molecule has 1 aromatic carbocycles. The van der Waals surface area contributed by atoms with Crippen LogP contribution in [0.4, 0.5) is 5.69 Å². The number of aromatic carboxylic acids is 1. The minimum atomic E-state index is -1.02. The van der Waals surface area contributed by atoms with Crippen molar-refractivity contribution in [1.82, 2.24) is 9.97 Å². The van der Waals surface area contributed by atoms with Gasteiger partial charge in [-0.3, -0.25) is 0 Å². The Hall–Kier alpha value is -3.02. The Morgan fingerprint density at radius 1 is 1.25 bits per heavy atom. The first-order chi connectivity index (χ1) is 11.6. The van der Waals surface area contributed by atoms with Crippen LogP contribution in [-0.2, 0) is 0 Å². The topological polar surface area (TPSA) is 78.5 Å². The number of pyridine rings is 1. The Kier molecular flexibility index (Phi) is 4.37. The Bertz CT molecular complexity index is 869. The summed E-state index contributed by atoms with van der Waals surface area (Å²) in [6, 6.07) is 8.86. The average Bonchev–Trinajstić information content (AvgIpc) is 3.03. The third-order valence-electron chi connectivity index (χ3n) is 3.93. The third kappa shape index (κ3) is 3.03. The van der Waals surface area contributed by atoms with Crippen LogP contribution in [0.15, 0.2) is 42.7 Å². The van der Waals surface area contributed by atoms with Gasteiger partial charge in [0.05, 0.1) is 6.20 Å². The zero-order valence-corrected chi connectivity index (χ0v) is 13.6. The second-order valence-corrected chi connectivity index (χ2v) is 5.35. The maximum absolute atomic E-state index is 11.5. The monoisotopic (exact) mass is 325 g/mol. The number of anilines is 1. The highest BCUT2D eigenvalue weighted by Crippen LogP contribution is 2.31. The molecule has 6 heteroatoms. The summed E-state index contributed by atoms with van der Waals surface area (Å²) in [6.45, 7) is 5.77. The van der Waals surface area contributed by atoms with E-state index in [9.17, 15) is 9.90 Å². The lowest BCUT2D eigenvalue weighted by Gasteiger charge is -2.22. The van der Waals surface area contributed by atoms with E-state index in [1.54, 1.807) is 30.6 Å². The fourth-order valence-corrected chi connectivity index (χ4v) is 2.66. The first-order valence-electron chi connectivity index (χ1n) is 7.85. The third-order valence-corrected chi connectivity index (χ3v) is 3.93. The van der Waals surface area contributed by atoms with Crippen LogP contribution >= 0.6 is 0 Å². The van der Waals surface area contributed by atoms with E-state index in [0.29, 0.717) is 11.5 Å². The molecule has 0 amide bonds. The smallest absolute Gasteiger partial charge is 0.339 e. The number of carboxylic acid groups (broad SMARTS) is 1. The van der Waals surface area contributed by atoms with Crippen molar-refractivity contribution >= 4 is 22.7 Å². The molecule has 0 unspecified atom stereocenters. The molecule has 0 fully saturated rings. The van der Waals surface area contributed by atoms with E-state index in [4.69, 9.17) is 4.74 Å². The summed E-state index contributed by atoms with van der Waals surface area (Å²) in [5.41, 5.74) is 1.81. The van der Waals surface area contributed by atoms with Gasteiger partial charge in [-0.25, -0.2) is 9.78 Å². The number of ether oxygens (including phenoxy) is 1. The van der Waals surface area contributed by atoms with Crippen LogP contribution in [0.3, 0.4) is 0 Å². The molecule has 124 valence electrons. The van der Waals surface area contributed by atoms with E-state index in [1.807, 2.05) is 12.1 Å². The summed E-state index contributed by atoms with van der Waals surface area (Å²) < 4.78 is 5.84. The number of H-pyrrole nitrogens is 1. The lowest BCUT2D eigenvalue weighted by Crippen LogP contribution is -2.21. The largest absolute Gasteiger partial charge is 0.478 e. The Morgan fingerprint density at radius 3 is 2.75 bits per heavy atom. The summed E-state index contributed by atoms with van der Waals surface area (Å²) >= 11 is 0. The van der Waals surface area contributed by atoms with Gasteiger partial charge < -0.3 is 19.7 Å². The number of aromatic nitrogens is 2. The summed E-state index contributed by atoms with van der Waals surface area (Å²) in [5.74, 6) is -0.211. The molecule has 0 aliphatic carbocycles. The number of rotatable bonds is 6. The first-order valence-corrected chi connectivity index (χ1v) is 7.85. The molecule has 0 saturated carbocycles. The molecule has 0 aliphatic rings. The Labute approximate surface area is 139 Å². The van der Waals surface area contributed by atoms with Crippen molar-refractivity contribution < 1.29 is 14.6 Å². The molecule has 0 aliphatic heterocycles. The fraction of sp³-hybridized carbons (Fsp3) is 0.222. The van der Waals surface area contributed by atoms with Gasteiger partial charge in [-0.05, 0) is 38.1 Å². The number of hydrogen-bond donors (Lipinski definition) is 2. The van der Waals surface area contributed by atoms with Crippen molar-refractivity contribution in [3.63, 3.8) is 0 Å². The zero-order chi connectivity index (χ0) is 17.1. The van der Waals surface area contributed by atoms with Gasteiger partial charge in [-0.1, -0.05) is 0 Å². The highest BCUT2D eigenvalue weighted by atomic mass is 16.5. The molecule has 2 heterocycles. The van der Waals surface area contributed by atoms with Gasteiger partial charge in [0.15, 0.2) is 0 Å². The van der Waals surface area contributed by atoms with Crippen molar-refractivity contribution in [2.75, 3.05) is 18.0 Å². The summed E-state index contributed by atoms with van der Waals surface area (Å²) in [7, 11) is 0. The maximum atomic E-state index is 11.5. The van der Waals surface area contributed by atoms with Gasteiger partial charge in [-0.15, -0.1) is 0 Å². The van der Waals surface area contributed by atoms with E-state index in [2.05, 4.69) is 28.7 Å². The van der Waals surface area contributed by atoms with E-state index in [0.717, 1.165) is 29.8 Å². The average molecular weight is 325 g/mol. The molecule has 3 rings (SSSR count). The predicted molar refractivity (Wildman–Crippen MR) is 93.1 cm³/mol. The standard InChI is InChI=1S/C18H19N3O3/c1-3-21(4-2)13-5-6-15(18(22)23)16(10-13)24-14-9-12-7-8-19-17(12)20-11-14/h5-11H,3-4H2,1-2H3,(H,19,20)(H,22,23). The molecule has 6 nitrogen and oxygen atoms in total. The van der Waals surface area contributed by atoms with Crippen LogP contribution in [0.1, 0.15) is 24.2 Å². The number of aromatic amines is 1. The lowest BCUT2D eigenvalue weighted by molar-refractivity contribution is 0.0694. The molecular weight excluding hydrogens is 306 g/mol. The van der Waals surface area contributed by atoms with Crippen LogP contribution in [0, 0.1) is 0 Å². The molecule has 0 spiro atoms. The van der Waals surface area contributed by atoms with Gasteiger partial charge in [0.2, 0.25) is 0 Å². The number of nitrogens with one attached hydrogen (secondary N) is 1. The molecular formula is C18H19N3O3. The number of hydrogen-bond acceptors (Lipinski definition) is 4. The number of benzene rings is 1. The highest BCUT2D eigenvalue weighted by molar-refractivity contribution is 5.92. The summed E-state index contributed by atoms with van der Waals surface area (Å²) in [5, 5.41) is 10.3. The minimum absolute atomic E-state index is 0.125. The molecule has 3 aromatic rings. The highest BCUT2D eigenvalue weighted by Gasteiger charge is 2.15. The van der Waals surface area contributed by atoms with Crippen LogP contribution in [0.5, 0.6) is 11.5 Å². The number of nitrogens with zero attached hydrogens (tertiary/aromatic N) is 2. The summed E-state index contributed by atoms with van der Waals surface area (Å²) in [4.78, 5) is 20.9. The SMILES string of the molecule is CCN(CC)c1ccc(C(=O)O)c(Oc2cnc3[nH]ccc3c2)c1. The zero-order valence-electron chi connectivity index (χ0n) is 13.6. The lowest BCUT2D eigenvalue weighted by atomic mass is 10.1. The van der Waals surface area contributed by atoms with Gasteiger partial charge in [0.25, 0.3) is 0 Å². The van der Waals surface area contributed by atoms with Crippen molar-refractivity contribution in [2.45, 2.75) is 13.8 Å². The van der Waals surface area contributed by atoms with Gasteiger partial charge in [-0.2, -0.15) is 0 Å². The van der Waals surface area contributed by atoms with Gasteiger partial charge in [0.1, 0.15) is 22.7 Å². The first kappa shape index (κ1) is 15.9. The van der Waals surface area contributed by atoms with Gasteiger partial charge in [0, 0.05) is 36.4 Å². The van der Waals surface area contributed by atoms with E-state index in [1.165, 1.54) is 0 Å². The normalized spacial score (nSPS) is 10.8. The predicted octanol–water partition coefficient (Wildman–Crippen LogP) is 3.90. The maximum Gasteiger partial charge on any atom is 0.339 e. The van der Waals surface area contributed by atoms with Crippen molar-refractivity contribution in [3.8, 4) is 11.5 Å². The molecule has 2 N–H and O–H groups in total. The molecule has 0 saturated heterocycles. The summed E-state index contributed by atoms with van der Waals surface area (Å²) in [6.07, 6.45) is 3.37.